The highest BCUT2D eigenvalue weighted by molar-refractivity contribution is 5.98. The summed E-state index contributed by atoms with van der Waals surface area (Å²) in [6.45, 7) is 1.55. The molecule has 2 amide bonds. The summed E-state index contributed by atoms with van der Waals surface area (Å²) in [6, 6.07) is 2.00. The number of carboxylic acid groups (broad SMARTS) is 1. The quantitative estimate of drug-likeness (QED) is 0.640. The smallest absolute Gasteiger partial charge is 0.418 e. The van der Waals surface area contributed by atoms with E-state index in [-0.39, 0.29) is 12.1 Å². The first kappa shape index (κ1) is 16.6. The van der Waals surface area contributed by atoms with Crippen LogP contribution in [0.3, 0.4) is 0 Å². The van der Waals surface area contributed by atoms with Crippen molar-refractivity contribution < 1.29 is 27.9 Å². The van der Waals surface area contributed by atoms with E-state index < -0.39 is 35.5 Å². The molecule has 5 N–H and O–H groups in total. The van der Waals surface area contributed by atoms with Gasteiger partial charge in [-0.05, 0) is 18.6 Å². The summed E-state index contributed by atoms with van der Waals surface area (Å²) < 4.78 is 38.0. The maximum absolute atomic E-state index is 12.7. The number of hydrogen-bond acceptors (Lipinski definition) is 3. The number of para-hydroxylation sites is 1. The number of nitrogens with one attached hydrogen (secondary N) is 2. The minimum Gasteiger partial charge on any atom is -0.465 e. The van der Waals surface area contributed by atoms with Crippen LogP contribution in [0.5, 0.6) is 0 Å². The van der Waals surface area contributed by atoms with Crippen LogP contribution in [-0.4, -0.2) is 23.1 Å². The van der Waals surface area contributed by atoms with Crippen LogP contribution in [-0.2, 0) is 11.0 Å². The summed E-state index contributed by atoms with van der Waals surface area (Å²) in [5.41, 5.74) is 3.48. The molecule has 0 saturated heterocycles. The van der Waals surface area contributed by atoms with E-state index in [1.54, 1.807) is 6.92 Å². The van der Waals surface area contributed by atoms with Crippen LogP contribution in [0, 0.1) is 0 Å². The molecule has 0 fully saturated rings. The molecule has 0 heterocycles. The molecule has 1 aromatic carbocycles. The van der Waals surface area contributed by atoms with Crippen molar-refractivity contribution in [3.05, 3.63) is 23.8 Å². The van der Waals surface area contributed by atoms with Gasteiger partial charge in [0.2, 0.25) is 5.91 Å². The van der Waals surface area contributed by atoms with E-state index in [4.69, 9.17) is 10.8 Å². The van der Waals surface area contributed by atoms with Crippen LogP contribution >= 0.6 is 0 Å². The number of nitrogens with two attached hydrogens (primary N) is 1. The Kier molecular flexibility index (Phi) is 5.01. The third-order valence-electron chi connectivity index (χ3n) is 2.69. The number of anilines is 2. The molecule has 0 aromatic heterocycles. The second-order valence-electron chi connectivity index (χ2n) is 4.16. The number of carbonyl (C=O) groups excluding carboxylic acids is 1. The lowest BCUT2D eigenvalue weighted by molar-refractivity contribution is -0.136. The Balaban J connectivity index is 2.98. The lowest BCUT2D eigenvalue weighted by atomic mass is 10.1. The molecule has 0 saturated carbocycles. The van der Waals surface area contributed by atoms with Crippen molar-refractivity contribution in [2.75, 3.05) is 11.1 Å². The number of rotatable bonds is 4. The average molecular weight is 305 g/mol. The van der Waals surface area contributed by atoms with Crippen molar-refractivity contribution in [3.63, 3.8) is 0 Å². The number of carbonyl (C=O) groups is 2. The van der Waals surface area contributed by atoms with E-state index in [9.17, 15) is 22.8 Å². The first-order chi connectivity index (χ1) is 9.66. The highest BCUT2D eigenvalue weighted by atomic mass is 19.4. The van der Waals surface area contributed by atoms with Gasteiger partial charge in [-0.2, -0.15) is 13.2 Å². The lowest BCUT2D eigenvalue weighted by Crippen LogP contribution is -2.42. The molecule has 1 atom stereocenters. The Morgan fingerprint density at radius 3 is 2.48 bits per heavy atom. The Morgan fingerprint density at radius 1 is 1.38 bits per heavy atom. The molecule has 0 bridgehead atoms. The lowest BCUT2D eigenvalue weighted by Gasteiger charge is -2.17. The monoisotopic (exact) mass is 305 g/mol. The Hall–Kier alpha value is -2.45. The molecule has 0 aliphatic rings. The van der Waals surface area contributed by atoms with Gasteiger partial charge in [-0.1, -0.05) is 13.0 Å². The van der Waals surface area contributed by atoms with Crippen LogP contribution in [0.25, 0.3) is 0 Å². The molecule has 1 unspecified atom stereocenters. The summed E-state index contributed by atoms with van der Waals surface area (Å²) in [6.07, 6.45) is -5.92. The number of hydrogen-bond donors (Lipinski definition) is 4. The Morgan fingerprint density at radius 2 is 2.00 bits per heavy atom. The van der Waals surface area contributed by atoms with Gasteiger partial charge in [0.25, 0.3) is 0 Å². The van der Waals surface area contributed by atoms with E-state index in [1.807, 2.05) is 5.32 Å². The van der Waals surface area contributed by atoms with Gasteiger partial charge in [-0.25, -0.2) is 4.79 Å². The van der Waals surface area contributed by atoms with Crippen molar-refractivity contribution in [3.8, 4) is 0 Å². The minimum atomic E-state index is -4.64. The molecule has 0 spiro atoms. The van der Waals surface area contributed by atoms with E-state index in [0.717, 1.165) is 12.1 Å². The second kappa shape index (κ2) is 6.33. The predicted molar refractivity (Wildman–Crippen MR) is 69.7 cm³/mol. The van der Waals surface area contributed by atoms with Gasteiger partial charge in [-0.15, -0.1) is 0 Å². The molecule has 1 aromatic rings. The second-order valence-corrected chi connectivity index (χ2v) is 4.16. The molecule has 1 rings (SSSR count). The van der Waals surface area contributed by atoms with Crippen LogP contribution in [0.15, 0.2) is 18.2 Å². The van der Waals surface area contributed by atoms with Crippen LogP contribution in [0.1, 0.15) is 18.9 Å². The maximum Gasteiger partial charge on any atom is 0.418 e. The fraction of sp³-hybridized carbons (Fsp3) is 0.333. The topological polar surface area (TPSA) is 104 Å². The summed E-state index contributed by atoms with van der Waals surface area (Å²) in [4.78, 5) is 22.3. The zero-order valence-corrected chi connectivity index (χ0v) is 11.0. The summed E-state index contributed by atoms with van der Waals surface area (Å²) in [7, 11) is 0. The normalized spacial score (nSPS) is 12.6. The maximum atomic E-state index is 12.7. The Bertz CT molecular complexity index is 546. The Labute approximate surface area is 118 Å². The first-order valence-electron chi connectivity index (χ1n) is 5.92. The fourth-order valence-corrected chi connectivity index (χ4v) is 1.64. The average Bonchev–Trinajstić information content (AvgIpc) is 2.36. The number of amides is 2. The van der Waals surface area contributed by atoms with Crippen molar-refractivity contribution in [1.29, 1.82) is 0 Å². The molecular formula is C12H14F3N3O3. The molecule has 0 aliphatic heterocycles. The van der Waals surface area contributed by atoms with E-state index >= 15 is 0 Å². The largest absolute Gasteiger partial charge is 0.465 e. The van der Waals surface area contributed by atoms with Crippen LogP contribution in [0.2, 0.25) is 0 Å². The van der Waals surface area contributed by atoms with Gasteiger partial charge in [0, 0.05) is 0 Å². The molecular weight excluding hydrogens is 291 g/mol. The van der Waals surface area contributed by atoms with Gasteiger partial charge in [0.15, 0.2) is 0 Å². The van der Waals surface area contributed by atoms with Gasteiger partial charge >= 0.3 is 12.3 Å². The SMILES string of the molecule is CCC(NC(=O)O)C(=O)Nc1cccc(C(F)(F)F)c1N. The van der Waals surface area contributed by atoms with Crippen molar-refractivity contribution >= 4 is 23.4 Å². The highest BCUT2D eigenvalue weighted by Gasteiger charge is 2.34. The van der Waals surface area contributed by atoms with Crippen molar-refractivity contribution in [2.45, 2.75) is 25.6 Å². The van der Waals surface area contributed by atoms with Gasteiger partial charge in [-0.3, -0.25) is 4.79 Å². The zero-order valence-electron chi connectivity index (χ0n) is 11.0. The number of benzene rings is 1. The number of halogens is 3. The van der Waals surface area contributed by atoms with Crippen LogP contribution < -0.4 is 16.4 Å². The molecule has 9 heteroatoms. The standard InChI is InChI=1S/C12H14F3N3O3/c1-2-7(18-11(20)21)10(19)17-8-5-3-4-6(9(8)16)12(13,14)15/h3-5,7,18H,2,16H2,1H3,(H,17,19)(H,20,21). The third kappa shape index (κ3) is 4.26. The summed E-state index contributed by atoms with van der Waals surface area (Å²) >= 11 is 0. The molecule has 21 heavy (non-hydrogen) atoms. The van der Waals surface area contributed by atoms with Gasteiger partial charge < -0.3 is 21.5 Å². The molecule has 6 nitrogen and oxygen atoms in total. The molecule has 0 aliphatic carbocycles. The van der Waals surface area contributed by atoms with E-state index in [0.29, 0.717) is 0 Å². The summed E-state index contributed by atoms with van der Waals surface area (Å²) in [5.74, 6) is -0.786. The van der Waals surface area contributed by atoms with Gasteiger partial charge in [0.1, 0.15) is 6.04 Å². The third-order valence-corrected chi connectivity index (χ3v) is 2.69. The predicted octanol–water partition coefficient (Wildman–Crippen LogP) is 2.27. The zero-order chi connectivity index (χ0) is 16.2. The fourth-order valence-electron chi connectivity index (χ4n) is 1.64. The van der Waals surface area contributed by atoms with Crippen molar-refractivity contribution in [1.82, 2.24) is 5.32 Å². The van der Waals surface area contributed by atoms with E-state index in [1.165, 1.54) is 6.07 Å². The molecule has 116 valence electrons. The van der Waals surface area contributed by atoms with Crippen LogP contribution in [0.4, 0.5) is 29.3 Å². The number of nitrogen functional groups attached to an aromatic ring is 1. The summed E-state index contributed by atoms with van der Waals surface area (Å²) in [5, 5.41) is 12.7. The van der Waals surface area contributed by atoms with E-state index in [2.05, 4.69) is 5.32 Å². The van der Waals surface area contributed by atoms with Crippen molar-refractivity contribution in [2.24, 2.45) is 0 Å². The number of alkyl halides is 3. The highest BCUT2D eigenvalue weighted by Crippen LogP contribution is 2.36. The van der Waals surface area contributed by atoms with Gasteiger partial charge in [0.05, 0.1) is 16.9 Å². The minimum absolute atomic E-state index is 0.136. The first-order valence-corrected chi connectivity index (χ1v) is 5.92. The molecule has 0 radical (unpaired) electrons.